The molecular formula is C23H12Cl3N3O5. The monoisotopic (exact) mass is 515 g/mol. The van der Waals surface area contributed by atoms with Crippen LogP contribution in [0.4, 0.5) is 11.4 Å². The van der Waals surface area contributed by atoms with Crippen LogP contribution in [-0.4, -0.2) is 16.8 Å². The molecular weight excluding hydrogens is 505 g/mol. The molecule has 0 fully saturated rings. The van der Waals surface area contributed by atoms with E-state index in [1.165, 1.54) is 30.3 Å². The third kappa shape index (κ3) is 5.91. The van der Waals surface area contributed by atoms with Crippen LogP contribution in [0.1, 0.15) is 15.9 Å². The van der Waals surface area contributed by atoms with E-state index in [-0.39, 0.29) is 37.6 Å². The second-order valence-corrected chi connectivity index (χ2v) is 7.84. The molecule has 3 rings (SSSR count). The summed E-state index contributed by atoms with van der Waals surface area (Å²) >= 11 is 18.2. The van der Waals surface area contributed by atoms with Gasteiger partial charge in [-0.3, -0.25) is 14.9 Å². The zero-order valence-electron chi connectivity index (χ0n) is 16.9. The summed E-state index contributed by atoms with van der Waals surface area (Å²) in [6.45, 7) is 0. The molecule has 0 bridgehead atoms. The van der Waals surface area contributed by atoms with Gasteiger partial charge in [-0.1, -0.05) is 53.0 Å². The highest BCUT2D eigenvalue weighted by Crippen LogP contribution is 2.35. The topological polar surface area (TPSA) is 122 Å². The lowest BCUT2D eigenvalue weighted by atomic mass is 10.1. The van der Waals surface area contributed by atoms with Gasteiger partial charge < -0.3 is 10.1 Å². The number of anilines is 1. The van der Waals surface area contributed by atoms with Crippen LogP contribution in [-0.2, 0) is 4.79 Å². The van der Waals surface area contributed by atoms with E-state index < -0.39 is 22.5 Å². The Morgan fingerprint density at radius 3 is 2.24 bits per heavy atom. The van der Waals surface area contributed by atoms with Crippen molar-refractivity contribution in [2.75, 3.05) is 5.32 Å². The number of hydrogen-bond acceptors (Lipinski definition) is 6. The molecule has 0 spiro atoms. The molecule has 0 heterocycles. The average Bonchev–Trinajstić information content (AvgIpc) is 2.81. The van der Waals surface area contributed by atoms with Crippen LogP contribution in [0.3, 0.4) is 0 Å². The van der Waals surface area contributed by atoms with Crippen molar-refractivity contribution in [1.29, 1.82) is 5.26 Å². The Morgan fingerprint density at radius 2 is 1.65 bits per heavy atom. The lowest BCUT2D eigenvalue weighted by Crippen LogP contribution is -2.13. The Hall–Kier alpha value is -3.90. The maximum atomic E-state index is 12.5. The fourth-order valence-corrected chi connectivity index (χ4v) is 3.50. The summed E-state index contributed by atoms with van der Waals surface area (Å²) in [6.07, 6.45) is 1.21. The first-order valence-electron chi connectivity index (χ1n) is 9.33. The summed E-state index contributed by atoms with van der Waals surface area (Å²) in [4.78, 5) is 35.1. The summed E-state index contributed by atoms with van der Waals surface area (Å²) < 4.78 is 5.28. The zero-order valence-corrected chi connectivity index (χ0v) is 19.2. The summed E-state index contributed by atoms with van der Waals surface area (Å²) in [6, 6.07) is 16.4. The van der Waals surface area contributed by atoms with Crippen LogP contribution in [0.2, 0.25) is 15.1 Å². The van der Waals surface area contributed by atoms with Crippen LogP contribution in [0.25, 0.3) is 6.08 Å². The van der Waals surface area contributed by atoms with Gasteiger partial charge in [0, 0.05) is 11.8 Å². The van der Waals surface area contributed by atoms with Gasteiger partial charge in [-0.15, -0.1) is 0 Å². The first-order chi connectivity index (χ1) is 16.2. The minimum Gasteiger partial charge on any atom is -0.420 e. The maximum absolute atomic E-state index is 12.5. The molecule has 0 aromatic heterocycles. The van der Waals surface area contributed by atoms with Gasteiger partial charge in [-0.25, -0.2) is 4.79 Å². The standard InChI is InChI=1S/C23H12Cl3N3O5/c24-17-7-6-16(11-20(17)29(32)33)28-22(30)15(12-27)8-13-9-18(25)21(19(26)10-13)34-23(31)14-4-2-1-3-5-14/h1-11H,(H,28,30)/b15-8+. The molecule has 3 aromatic carbocycles. The highest BCUT2D eigenvalue weighted by molar-refractivity contribution is 6.37. The number of nitrogens with one attached hydrogen (secondary N) is 1. The minimum absolute atomic E-state index is 0.0194. The predicted molar refractivity (Wildman–Crippen MR) is 128 cm³/mol. The number of carbonyl (C=O) groups excluding carboxylic acids is 2. The molecule has 1 N–H and O–H groups in total. The van der Waals surface area contributed by atoms with E-state index in [1.807, 2.05) is 0 Å². The summed E-state index contributed by atoms with van der Waals surface area (Å²) in [5.41, 5.74) is -0.0887. The number of amides is 1. The lowest BCUT2D eigenvalue weighted by molar-refractivity contribution is -0.384. The molecule has 0 saturated carbocycles. The highest BCUT2D eigenvalue weighted by Gasteiger charge is 2.18. The van der Waals surface area contributed by atoms with E-state index >= 15 is 0 Å². The van der Waals surface area contributed by atoms with Crippen molar-refractivity contribution in [2.45, 2.75) is 0 Å². The number of hydrogen-bond donors (Lipinski definition) is 1. The van der Waals surface area contributed by atoms with E-state index in [0.29, 0.717) is 5.56 Å². The smallest absolute Gasteiger partial charge is 0.343 e. The van der Waals surface area contributed by atoms with Crippen molar-refractivity contribution >= 4 is 64.1 Å². The molecule has 0 unspecified atom stereocenters. The van der Waals surface area contributed by atoms with Crippen molar-refractivity contribution in [3.8, 4) is 11.8 Å². The molecule has 3 aromatic rings. The number of nitrogens with zero attached hydrogens (tertiary/aromatic N) is 2. The van der Waals surface area contributed by atoms with Crippen LogP contribution in [0, 0.1) is 21.4 Å². The van der Waals surface area contributed by atoms with E-state index in [9.17, 15) is 25.0 Å². The Labute approximate surface area is 208 Å². The number of nitro benzene ring substituents is 1. The first-order valence-corrected chi connectivity index (χ1v) is 10.5. The maximum Gasteiger partial charge on any atom is 0.343 e. The van der Waals surface area contributed by atoms with Gasteiger partial charge in [0.15, 0.2) is 5.75 Å². The van der Waals surface area contributed by atoms with Gasteiger partial charge in [0.05, 0.1) is 20.5 Å². The Balaban J connectivity index is 1.83. The van der Waals surface area contributed by atoms with E-state index in [4.69, 9.17) is 39.5 Å². The molecule has 0 atom stereocenters. The number of carbonyl (C=O) groups is 2. The van der Waals surface area contributed by atoms with Crippen molar-refractivity contribution in [3.05, 3.63) is 103 Å². The molecule has 8 nitrogen and oxygen atoms in total. The van der Waals surface area contributed by atoms with Crippen LogP contribution < -0.4 is 10.1 Å². The number of nitro groups is 1. The van der Waals surface area contributed by atoms with E-state index in [2.05, 4.69) is 5.32 Å². The molecule has 170 valence electrons. The minimum atomic E-state index is -0.828. The van der Waals surface area contributed by atoms with Crippen LogP contribution in [0.15, 0.2) is 66.2 Å². The fraction of sp³-hybridized carbons (Fsp3) is 0. The number of nitriles is 1. The third-order valence-electron chi connectivity index (χ3n) is 4.30. The second kappa shape index (κ2) is 10.8. The van der Waals surface area contributed by atoms with E-state index in [0.717, 1.165) is 6.07 Å². The molecule has 11 heteroatoms. The fourth-order valence-electron chi connectivity index (χ4n) is 2.73. The molecule has 34 heavy (non-hydrogen) atoms. The van der Waals surface area contributed by atoms with E-state index in [1.54, 1.807) is 36.4 Å². The van der Waals surface area contributed by atoms with Gasteiger partial charge in [-0.2, -0.15) is 5.26 Å². The Kier molecular flexibility index (Phi) is 7.87. The Bertz CT molecular complexity index is 1350. The quantitative estimate of drug-likeness (QED) is 0.102. The van der Waals surface area contributed by atoms with Crippen molar-refractivity contribution < 1.29 is 19.2 Å². The number of esters is 1. The first kappa shape index (κ1) is 24.7. The van der Waals surface area contributed by atoms with Crippen molar-refractivity contribution in [2.24, 2.45) is 0 Å². The normalized spacial score (nSPS) is 10.8. The molecule has 0 radical (unpaired) electrons. The molecule has 1 amide bonds. The van der Waals surface area contributed by atoms with Gasteiger partial charge in [0.1, 0.15) is 16.7 Å². The lowest BCUT2D eigenvalue weighted by Gasteiger charge is -2.10. The van der Waals surface area contributed by atoms with Gasteiger partial charge in [0.25, 0.3) is 11.6 Å². The van der Waals surface area contributed by atoms with Gasteiger partial charge in [-0.05, 0) is 48.0 Å². The number of benzene rings is 3. The summed E-state index contributed by atoms with van der Waals surface area (Å²) in [5, 5.41) is 22.7. The van der Waals surface area contributed by atoms with Gasteiger partial charge in [0.2, 0.25) is 0 Å². The summed E-state index contributed by atoms with van der Waals surface area (Å²) in [5.74, 6) is -1.57. The number of halogens is 3. The van der Waals surface area contributed by atoms with Gasteiger partial charge >= 0.3 is 5.97 Å². The third-order valence-corrected chi connectivity index (χ3v) is 5.18. The highest BCUT2D eigenvalue weighted by atomic mass is 35.5. The average molecular weight is 517 g/mol. The molecule has 0 aliphatic heterocycles. The second-order valence-electron chi connectivity index (χ2n) is 6.62. The van der Waals surface area contributed by atoms with Crippen molar-refractivity contribution in [1.82, 2.24) is 0 Å². The number of ether oxygens (including phenoxy) is 1. The SMILES string of the molecule is N#C/C(=C\c1cc(Cl)c(OC(=O)c2ccccc2)c(Cl)c1)C(=O)Nc1ccc(Cl)c([N+](=O)[O-])c1. The molecule has 0 aliphatic rings. The largest absolute Gasteiger partial charge is 0.420 e. The molecule has 0 saturated heterocycles. The number of rotatable bonds is 6. The van der Waals surface area contributed by atoms with Crippen molar-refractivity contribution in [3.63, 3.8) is 0 Å². The summed E-state index contributed by atoms with van der Waals surface area (Å²) in [7, 11) is 0. The molecule has 0 aliphatic carbocycles. The van der Waals surface area contributed by atoms with Crippen LogP contribution >= 0.6 is 34.8 Å². The predicted octanol–water partition coefficient (Wildman–Crippen LogP) is 6.32. The zero-order chi connectivity index (χ0) is 24.8. The Morgan fingerprint density at radius 1 is 1.00 bits per heavy atom. The van der Waals surface area contributed by atoms with Crippen LogP contribution in [0.5, 0.6) is 5.75 Å².